The number of aromatic amines is 2. The molecule has 7 atom stereocenters. The zero-order chi connectivity index (χ0) is 80.7. The summed E-state index contributed by atoms with van der Waals surface area (Å²) in [5.74, 6) is -12.3. The zero-order valence-electron chi connectivity index (χ0n) is 61.9. The van der Waals surface area contributed by atoms with Crippen molar-refractivity contribution in [2.45, 2.75) is 115 Å². The summed E-state index contributed by atoms with van der Waals surface area (Å²) in [6.45, 7) is 6.36. The Morgan fingerprint density at radius 1 is 0.615 bits per heavy atom. The van der Waals surface area contributed by atoms with Gasteiger partial charge in [0.1, 0.15) is 54.3 Å². The van der Waals surface area contributed by atoms with Crippen LogP contribution in [0.3, 0.4) is 0 Å². The van der Waals surface area contributed by atoms with Crippen LogP contribution >= 0.6 is 19.4 Å². The molecule has 3 heterocycles. The van der Waals surface area contributed by atoms with Crippen LogP contribution in [-0.4, -0.2) is 290 Å². The molecule has 20 N–H and O–H groups in total. The summed E-state index contributed by atoms with van der Waals surface area (Å²) in [6, 6.07) is 1.60. The summed E-state index contributed by atoms with van der Waals surface area (Å²) in [7, 11) is -3.30. The van der Waals surface area contributed by atoms with Crippen LogP contribution in [0.2, 0.25) is 0 Å². The number of nitrogens with one attached hydrogen (secondary N) is 12. The predicted octanol–water partition coefficient (Wildman–Crippen LogP) is -3.69. The summed E-state index contributed by atoms with van der Waals surface area (Å²) >= 11 is 1.45. The van der Waals surface area contributed by atoms with Gasteiger partial charge >= 0.3 is 19.5 Å². The Morgan fingerprint density at radius 2 is 1.18 bits per heavy atom. The molecule has 1 fully saturated rings. The van der Waals surface area contributed by atoms with Gasteiger partial charge in [-0.2, -0.15) is 11.8 Å². The monoisotopic (exact) mass is 1570 g/mol. The minimum absolute atomic E-state index is 0.0341. The number of methoxy groups -OCH3 is 1. The minimum atomic E-state index is -4.54. The van der Waals surface area contributed by atoms with Gasteiger partial charge in [0, 0.05) is 106 Å². The molecule has 109 heavy (non-hydrogen) atoms. The number of hydrogen-bond acceptors (Lipinski definition) is 22. The first-order chi connectivity index (χ1) is 51.5. The lowest BCUT2D eigenvalue weighted by molar-refractivity contribution is -0.139. The Morgan fingerprint density at radius 3 is 1.75 bits per heavy atom. The largest absolute Gasteiger partial charge is 0.495 e. The first kappa shape index (κ1) is 89.5. The van der Waals surface area contributed by atoms with Crippen LogP contribution in [0.1, 0.15) is 81.9 Å². The number of H-pyrrole nitrogens is 2. The van der Waals surface area contributed by atoms with Gasteiger partial charge in [-0.1, -0.05) is 45.9 Å². The van der Waals surface area contributed by atoms with Crippen molar-refractivity contribution in [1.29, 1.82) is 0 Å². The van der Waals surface area contributed by atoms with Crippen molar-refractivity contribution < 1.29 is 96.4 Å². The molecular weight excluding hydrogens is 1470 g/mol. The molecule has 1 aliphatic heterocycles. The number of carboxylic acid groups (broad SMARTS) is 2. The Hall–Kier alpha value is -10.1. The summed E-state index contributed by atoms with van der Waals surface area (Å²) in [6.07, 6.45) is 4.85. The van der Waals surface area contributed by atoms with Gasteiger partial charge in [0.15, 0.2) is 0 Å². The number of carbonyl (C=O) groups excluding carboxylic acids is 12. The number of ether oxygens (including phenoxy) is 1. The smallest absolute Gasteiger partial charge is 0.339 e. The SMILES string of the molecule is COc1cc(C(=O)N[C@@H](CCC(N)=O)C(=O)N[C@@H](Cc2c[nH]c3ccccc23)C(=O)N[C@@H](C)C(=O)N[C@H](C(=O)NCC(=O)N[C@@H](Cc2cnc[nH]2)C(=O)N[C@@H](CC(C)C)C(=O)N[C@@H](CCSC)C(N)=O)C(C)C)ccc1NC(=O)CNC(=O)CN1CCN(CC(=O)O)CCN(CP(=O)(O)O)CCN(CC(=O)O)CC1. The van der Waals surface area contributed by atoms with Crippen LogP contribution < -0.4 is 69.4 Å². The normalized spacial score (nSPS) is 15.5. The number of carboxylic acids is 2. The van der Waals surface area contributed by atoms with E-state index in [1.54, 1.807) is 49.2 Å². The average molecular weight is 1570 g/mol. The molecule has 0 saturated carbocycles. The highest BCUT2D eigenvalue weighted by atomic mass is 32.2. The van der Waals surface area contributed by atoms with Gasteiger partial charge in [-0.25, -0.2) is 4.98 Å². The number of anilines is 1. The van der Waals surface area contributed by atoms with Crippen LogP contribution in [0, 0.1) is 11.8 Å². The summed E-state index contributed by atoms with van der Waals surface area (Å²) in [4.78, 5) is 222. The number of rotatable bonds is 42. The highest BCUT2D eigenvalue weighted by Gasteiger charge is 2.35. The third kappa shape index (κ3) is 31.9. The van der Waals surface area contributed by atoms with Crippen LogP contribution in [0.15, 0.2) is 61.2 Å². The summed E-state index contributed by atoms with van der Waals surface area (Å²) in [5.41, 5.74) is 12.6. The number of carbonyl (C=O) groups is 14. The second-order valence-electron chi connectivity index (χ2n) is 27.0. The molecule has 1 aliphatic rings. The number of nitrogens with two attached hydrogens (primary N) is 2. The fourth-order valence-corrected chi connectivity index (χ4v) is 12.8. The topological polar surface area (TPSA) is 576 Å². The van der Waals surface area contributed by atoms with Gasteiger partial charge in [0.25, 0.3) is 5.91 Å². The maximum absolute atomic E-state index is 14.5. The lowest BCUT2D eigenvalue weighted by Crippen LogP contribution is -2.59. The van der Waals surface area contributed by atoms with E-state index >= 15 is 0 Å². The van der Waals surface area contributed by atoms with Crippen molar-refractivity contribution in [2.24, 2.45) is 23.3 Å². The maximum atomic E-state index is 14.5. The van der Waals surface area contributed by atoms with Crippen molar-refractivity contribution in [2.75, 3.05) is 116 Å². The number of imidazole rings is 1. The molecule has 4 aromatic rings. The molecule has 600 valence electrons. The number of para-hydroxylation sites is 1. The Kier molecular flexibility index (Phi) is 36.5. The predicted molar refractivity (Wildman–Crippen MR) is 398 cm³/mol. The Labute approximate surface area is 633 Å². The third-order valence-corrected chi connectivity index (χ3v) is 18.7. The number of aromatic nitrogens is 3. The first-order valence-electron chi connectivity index (χ1n) is 35.1. The fourth-order valence-electron chi connectivity index (χ4n) is 11.5. The molecule has 41 heteroatoms. The lowest BCUT2D eigenvalue weighted by Gasteiger charge is -2.33. The number of amides is 12. The molecule has 1 saturated heterocycles. The summed E-state index contributed by atoms with van der Waals surface area (Å²) in [5, 5.41) is 45.8. The molecule has 2 aromatic heterocycles. The highest BCUT2D eigenvalue weighted by molar-refractivity contribution is 7.98. The van der Waals surface area contributed by atoms with Gasteiger partial charge in [-0.15, -0.1) is 0 Å². The van der Waals surface area contributed by atoms with Crippen LogP contribution in [-0.2, 0) is 79.7 Å². The third-order valence-electron chi connectivity index (χ3n) is 17.3. The number of hydrogen-bond donors (Lipinski definition) is 18. The minimum Gasteiger partial charge on any atom is -0.495 e. The molecule has 0 spiro atoms. The average Bonchev–Trinajstić information content (AvgIpc) is 1.75. The zero-order valence-corrected chi connectivity index (χ0v) is 63.6. The van der Waals surface area contributed by atoms with E-state index in [4.69, 9.17) is 16.2 Å². The van der Waals surface area contributed by atoms with Crippen LogP contribution in [0.4, 0.5) is 5.69 Å². The van der Waals surface area contributed by atoms with E-state index in [2.05, 4.69) is 68.1 Å². The molecule has 39 nitrogen and oxygen atoms in total. The molecular formula is C68H102N19O20PS. The number of aliphatic carboxylic acids is 2. The molecule has 0 unspecified atom stereocenters. The quantitative estimate of drug-likeness (QED) is 0.0190. The van der Waals surface area contributed by atoms with Gasteiger partial charge < -0.3 is 99.3 Å². The number of benzene rings is 2. The van der Waals surface area contributed by atoms with E-state index in [0.29, 0.717) is 27.9 Å². The van der Waals surface area contributed by atoms with Gasteiger partial charge in [-0.05, 0) is 79.9 Å². The number of primary amides is 2. The van der Waals surface area contributed by atoms with Crippen molar-refractivity contribution in [1.82, 2.24) is 82.4 Å². The van der Waals surface area contributed by atoms with Crippen LogP contribution in [0.25, 0.3) is 10.9 Å². The summed E-state index contributed by atoms with van der Waals surface area (Å²) < 4.78 is 17.4. The van der Waals surface area contributed by atoms with Crippen molar-refractivity contribution >= 4 is 119 Å². The first-order valence-corrected chi connectivity index (χ1v) is 38.3. The van der Waals surface area contributed by atoms with E-state index in [9.17, 15) is 91.7 Å². The Balaban J connectivity index is 1.24. The van der Waals surface area contributed by atoms with E-state index in [0.717, 1.165) is 0 Å². The molecule has 0 aliphatic carbocycles. The standard InChI is InChI=1S/C68H102N19O20PS/c1-39(2)26-50(66(101)79-48(61(70)96)16-25-109-7)81-67(102)52(29-44-31-71-37-75-44)78-56(90)33-74-68(103)60(40(3)4)83-62(97)41(5)76-65(100)51(27-43-30-72-46-11-9-8-10-45(43)46)82-64(99)49(14-15-54(69)88)80-63(98)42-12-13-47(53(28-42)107-6)77-55(89)32-73-57(91)34-84-17-19-85(35-58(92)93)21-23-87(38-108(104,105)106)24-22-86(20-18-84)36-59(94)95/h8-13,28,30-31,37,39-41,48-52,60,72H,14-27,29,32-36,38H2,1-7H3,(H2,69,88)(H2,70,96)(H,71,75)(H,73,91)(H,74,103)(H,76,100)(H,77,89)(H,78,90)(H,79,101)(H,80,98)(H,81,102)(H,82,99)(H,83,97)(H,92,93)(H,94,95)(H2,104,105,106)/t41-,48-,49-,50-,51-,52-,60-/m0/s1. The van der Waals surface area contributed by atoms with E-state index in [1.165, 1.54) is 71.2 Å². The van der Waals surface area contributed by atoms with Crippen molar-refractivity contribution in [3.63, 3.8) is 0 Å². The van der Waals surface area contributed by atoms with E-state index < -0.39 is 178 Å². The molecule has 0 radical (unpaired) electrons. The van der Waals surface area contributed by atoms with E-state index in [1.807, 2.05) is 20.1 Å². The number of nitrogens with zero attached hydrogens (tertiary/aromatic N) is 5. The number of thioether (sulfide) groups is 1. The highest BCUT2D eigenvalue weighted by Crippen LogP contribution is 2.35. The van der Waals surface area contributed by atoms with Crippen LogP contribution in [0.5, 0.6) is 5.75 Å². The fraction of sp³-hybridized carbons (Fsp3) is 0.544. The maximum Gasteiger partial charge on any atom is 0.339 e. The van der Waals surface area contributed by atoms with Gasteiger partial charge in [0.2, 0.25) is 65.0 Å². The molecule has 2 aromatic carbocycles. The Bertz CT molecular complexity index is 3830. The molecule has 5 rings (SSSR count). The van der Waals surface area contributed by atoms with E-state index in [-0.39, 0.29) is 114 Å². The van der Waals surface area contributed by atoms with Gasteiger partial charge in [-0.3, -0.25) is 91.3 Å². The second kappa shape index (κ2) is 44.4. The van der Waals surface area contributed by atoms with Crippen molar-refractivity contribution in [3.8, 4) is 5.75 Å². The van der Waals surface area contributed by atoms with Gasteiger partial charge in [0.05, 0.1) is 51.8 Å². The second-order valence-corrected chi connectivity index (χ2v) is 29.5. The van der Waals surface area contributed by atoms with Crippen molar-refractivity contribution in [3.05, 3.63) is 78.0 Å². The number of fused-ring (bicyclic) bond motifs is 1. The molecule has 12 amide bonds. The lowest BCUT2D eigenvalue weighted by atomic mass is 10.0. The molecule has 0 bridgehead atoms.